The molecule has 31 heavy (non-hydrogen) atoms. The van der Waals surface area contributed by atoms with E-state index in [0.29, 0.717) is 12.1 Å². The van der Waals surface area contributed by atoms with E-state index in [-0.39, 0.29) is 12.3 Å². The molecule has 0 saturated carbocycles. The lowest BCUT2D eigenvalue weighted by molar-refractivity contribution is -0.143. The molecule has 3 atom stereocenters. The smallest absolute Gasteiger partial charge is 0.326 e. The van der Waals surface area contributed by atoms with E-state index in [9.17, 15) is 29.1 Å². The van der Waals surface area contributed by atoms with Crippen LogP contribution in [0.2, 0.25) is 0 Å². The van der Waals surface area contributed by atoms with Crippen LogP contribution in [-0.2, 0) is 30.4 Å². The Kier molecular flexibility index (Phi) is 10.1. The van der Waals surface area contributed by atoms with E-state index in [1.165, 1.54) is 12.5 Å². The van der Waals surface area contributed by atoms with Crippen molar-refractivity contribution in [3.05, 3.63) is 18.2 Å². The van der Waals surface area contributed by atoms with Gasteiger partial charge in [-0.2, -0.15) is 0 Å². The summed E-state index contributed by atoms with van der Waals surface area (Å²) < 4.78 is 0. The first kappa shape index (κ1) is 25.6. The van der Waals surface area contributed by atoms with Crippen LogP contribution in [0.3, 0.4) is 0 Å². The monoisotopic (exact) mass is 440 g/mol. The SMILES string of the molecule is CC(C)CC(N)C(=O)NCC(=O)NC(CC(=O)O)C(=O)NC(Cc1cnc[nH]1)C(=O)O. The first-order chi connectivity index (χ1) is 14.5. The fourth-order valence-corrected chi connectivity index (χ4v) is 2.63. The van der Waals surface area contributed by atoms with Crippen molar-refractivity contribution < 1.29 is 34.2 Å². The molecule has 0 aliphatic rings. The minimum atomic E-state index is -1.55. The Hall–Kier alpha value is -3.48. The van der Waals surface area contributed by atoms with Crippen molar-refractivity contribution in [3.8, 4) is 0 Å². The molecule has 3 amide bonds. The molecule has 0 saturated heterocycles. The molecule has 1 rings (SSSR count). The highest BCUT2D eigenvalue weighted by Gasteiger charge is 2.29. The first-order valence-electron chi connectivity index (χ1n) is 9.54. The van der Waals surface area contributed by atoms with E-state index in [4.69, 9.17) is 10.8 Å². The van der Waals surface area contributed by atoms with E-state index < -0.39 is 60.8 Å². The summed E-state index contributed by atoms with van der Waals surface area (Å²) in [6.07, 6.45) is 2.22. The van der Waals surface area contributed by atoms with Crippen LogP contribution in [0.15, 0.2) is 12.5 Å². The number of amides is 3. The maximum Gasteiger partial charge on any atom is 0.326 e. The van der Waals surface area contributed by atoms with Crippen molar-refractivity contribution in [3.63, 3.8) is 0 Å². The summed E-state index contributed by atoms with van der Waals surface area (Å²) in [5, 5.41) is 25.0. The lowest BCUT2D eigenvalue weighted by atomic mass is 10.0. The van der Waals surface area contributed by atoms with Gasteiger partial charge in [-0.25, -0.2) is 9.78 Å². The van der Waals surface area contributed by atoms with Gasteiger partial charge in [-0.15, -0.1) is 0 Å². The molecule has 0 aliphatic heterocycles. The quantitative estimate of drug-likeness (QED) is 0.180. The molecular weight excluding hydrogens is 412 g/mol. The second-order valence-electron chi connectivity index (χ2n) is 7.35. The fourth-order valence-electron chi connectivity index (χ4n) is 2.63. The van der Waals surface area contributed by atoms with Crippen molar-refractivity contribution in [1.29, 1.82) is 0 Å². The molecule has 0 spiro atoms. The Labute approximate surface area is 178 Å². The largest absolute Gasteiger partial charge is 0.481 e. The summed E-state index contributed by atoms with van der Waals surface area (Å²) >= 11 is 0. The number of carbonyl (C=O) groups is 5. The minimum Gasteiger partial charge on any atom is -0.481 e. The minimum absolute atomic E-state index is 0.126. The van der Waals surface area contributed by atoms with Crippen LogP contribution in [0.25, 0.3) is 0 Å². The van der Waals surface area contributed by atoms with Crippen LogP contribution >= 0.6 is 0 Å². The van der Waals surface area contributed by atoms with Gasteiger partial charge in [-0.05, 0) is 12.3 Å². The number of imidazole rings is 1. The Morgan fingerprint density at radius 2 is 1.77 bits per heavy atom. The molecule has 1 heterocycles. The summed E-state index contributed by atoms with van der Waals surface area (Å²) in [6.45, 7) is 3.24. The number of aromatic amines is 1. The fraction of sp³-hybridized carbons (Fsp3) is 0.556. The van der Waals surface area contributed by atoms with Gasteiger partial charge >= 0.3 is 11.9 Å². The third-order valence-corrected chi connectivity index (χ3v) is 4.11. The number of carboxylic acid groups (broad SMARTS) is 2. The average Bonchev–Trinajstić information content (AvgIpc) is 3.17. The number of nitrogens with one attached hydrogen (secondary N) is 4. The van der Waals surface area contributed by atoms with Crippen molar-refractivity contribution in [1.82, 2.24) is 25.9 Å². The lowest BCUT2D eigenvalue weighted by Crippen LogP contribution is -2.54. The summed E-state index contributed by atoms with van der Waals surface area (Å²) in [5.74, 6) is -4.95. The number of hydrogen-bond acceptors (Lipinski definition) is 7. The summed E-state index contributed by atoms with van der Waals surface area (Å²) in [7, 11) is 0. The molecule has 3 unspecified atom stereocenters. The molecule has 0 aromatic carbocycles. The van der Waals surface area contributed by atoms with Crippen LogP contribution < -0.4 is 21.7 Å². The van der Waals surface area contributed by atoms with Gasteiger partial charge in [-0.1, -0.05) is 13.8 Å². The molecule has 0 fully saturated rings. The van der Waals surface area contributed by atoms with Crippen LogP contribution in [0.5, 0.6) is 0 Å². The number of hydrogen-bond donors (Lipinski definition) is 7. The second-order valence-corrected chi connectivity index (χ2v) is 7.35. The summed E-state index contributed by atoms with van der Waals surface area (Å²) in [6, 6.07) is -3.74. The van der Waals surface area contributed by atoms with Gasteiger partial charge in [0.1, 0.15) is 12.1 Å². The molecule has 0 aliphatic carbocycles. The Morgan fingerprint density at radius 3 is 2.29 bits per heavy atom. The normalized spacial score (nSPS) is 13.7. The van der Waals surface area contributed by atoms with Crippen molar-refractivity contribution in [2.24, 2.45) is 11.7 Å². The standard InChI is InChI=1S/C18H28N6O7/c1-9(2)3-11(19)16(28)21-7-14(25)23-12(5-15(26)27)17(29)24-13(18(30)31)4-10-6-20-8-22-10/h6,8-9,11-13H,3-5,7,19H2,1-2H3,(H,20,22)(H,21,28)(H,23,25)(H,24,29)(H,26,27)(H,30,31). The highest BCUT2D eigenvalue weighted by Crippen LogP contribution is 2.03. The molecule has 0 bridgehead atoms. The number of nitrogens with zero attached hydrogens (tertiary/aromatic N) is 1. The van der Waals surface area contributed by atoms with E-state index in [2.05, 4.69) is 25.9 Å². The van der Waals surface area contributed by atoms with Crippen molar-refractivity contribution >= 4 is 29.7 Å². The van der Waals surface area contributed by atoms with Gasteiger partial charge in [0, 0.05) is 18.3 Å². The predicted molar refractivity (Wildman–Crippen MR) is 106 cm³/mol. The van der Waals surface area contributed by atoms with Gasteiger partial charge in [0.15, 0.2) is 0 Å². The maximum atomic E-state index is 12.4. The molecule has 172 valence electrons. The average molecular weight is 440 g/mol. The zero-order chi connectivity index (χ0) is 23.6. The molecule has 0 radical (unpaired) electrons. The predicted octanol–water partition coefficient (Wildman–Crippen LogP) is -2.03. The van der Waals surface area contributed by atoms with Crippen LogP contribution in [0, 0.1) is 5.92 Å². The molecule has 8 N–H and O–H groups in total. The Bertz CT molecular complexity index is 780. The van der Waals surface area contributed by atoms with Crippen molar-refractivity contribution in [2.75, 3.05) is 6.54 Å². The van der Waals surface area contributed by atoms with E-state index in [1.807, 2.05) is 13.8 Å². The highest BCUT2D eigenvalue weighted by atomic mass is 16.4. The number of nitrogens with two attached hydrogens (primary N) is 1. The maximum absolute atomic E-state index is 12.4. The highest BCUT2D eigenvalue weighted by molar-refractivity contribution is 5.94. The van der Waals surface area contributed by atoms with E-state index >= 15 is 0 Å². The zero-order valence-corrected chi connectivity index (χ0v) is 17.3. The Morgan fingerprint density at radius 1 is 1.10 bits per heavy atom. The van der Waals surface area contributed by atoms with Crippen molar-refractivity contribution in [2.45, 2.75) is 51.2 Å². The van der Waals surface area contributed by atoms with Crippen LogP contribution in [-0.4, -0.2) is 74.5 Å². The van der Waals surface area contributed by atoms with Gasteiger partial charge in [-0.3, -0.25) is 19.2 Å². The molecule has 13 nitrogen and oxygen atoms in total. The van der Waals surface area contributed by atoms with Gasteiger partial charge in [0.2, 0.25) is 17.7 Å². The summed E-state index contributed by atoms with van der Waals surface area (Å²) in [4.78, 5) is 65.4. The number of aromatic nitrogens is 2. The number of aliphatic carboxylic acids is 2. The lowest BCUT2D eigenvalue weighted by Gasteiger charge is -2.20. The Balaban J connectivity index is 2.70. The number of H-pyrrole nitrogens is 1. The number of rotatable bonds is 13. The molecular formula is C18H28N6O7. The molecule has 1 aromatic rings. The van der Waals surface area contributed by atoms with Gasteiger partial charge < -0.3 is 36.9 Å². The molecule has 13 heteroatoms. The third-order valence-electron chi connectivity index (χ3n) is 4.11. The van der Waals surface area contributed by atoms with Crippen LogP contribution in [0.4, 0.5) is 0 Å². The summed E-state index contributed by atoms with van der Waals surface area (Å²) in [5.41, 5.74) is 6.15. The zero-order valence-electron chi connectivity index (χ0n) is 17.3. The number of carboxylic acids is 2. The first-order valence-corrected chi connectivity index (χ1v) is 9.54. The van der Waals surface area contributed by atoms with Crippen LogP contribution in [0.1, 0.15) is 32.4 Å². The number of carbonyl (C=O) groups excluding carboxylic acids is 3. The topological polar surface area (TPSA) is 217 Å². The van der Waals surface area contributed by atoms with Gasteiger partial charge in [0.05, 0.1) is 25.3 Å². The van der Waals surface area contributed by atoms with Gasteiger partial charge in [0.25, 0.3) is 0 Å². The van der Waals surface area contributed by atoms with E-state index in [1.54, 1.807) is 0 Å². The second kappa shape index (κ2) is 12.3. The van der Waals surface area contributed by atoms with E-state index in [0.717, 1.165) is 0 Å². The molecule has 1 aromatic heterocycles. The third kappa shape index (κ3) is 9.71.